The van der Waals surface area contributed by atoms with Crippen LogP contribution in [0.25, 0.3) is 5.69 Å². The Balaban J connectivity index is 1.51. The van der Waals surface area contributed by atoms with Crippen LogP contribution in [0.15, 0.2) is 76.6 Å². The molecule has 9 nitrogen and oxygen atoms in total. The highest BCUT2D eigenvalue weighted by molar-refractivity contribution is 7.90. The number of nitriles is 1. The molecule has 1 N–H and O–H groups in total. The summed E-state index contributed by atoms with van der Waals surface area (Å²) >= 11 is 0. The maximum Gasteiger partial charge on any atom is 0.407 e. The van der Waals surface area contributed by atoms with Gasteiger partial charge in [-0.3, -0.25) is 9.36 Å². The van der Waals surface area contributed by atoms with Crippen LogP contribution >= 0.6 is 0 Å². The number of rotatable bonds is 5. The van der Waals surface area contributed by atoms with Crippen LogP contribution in [0.5, 0.6) is 5.75 Å². The first kappa shape index (κ1) is 24.0. The highest BCUT2D eigenvalue weighted by atomic mass is 32.2. The molecule has 35 heavy (non-hydrogen) atoms. The van der Waals surface area contributed by atoms with Crippen LogP contribution in [-0.4, -0.2) is 48.0 Å². The highest BCUT2D eigenvalue weighted by Gasteiger charge is 2.33. The number of carbonyl (C=O) groups is 1. The van der Waals surface area contributed by atoms with Crippen molar-refractivity contribution in [3.63, 3.8) is 0 Å². The number of amides is 1. The predicted octanol–water partition coefficient (Wildman–Crippen LogP) is 3.38. The first-order valence-electron chi connectivity index (χ1n) is 10.8. The normalized spacial score (nSPS) is 18.0. The number of aromatic nitrogens is 1. The van der Waals surface area contributed by atoms with E-state index in [1.165, 1.54) is 27.7 Å². The van der Waals surface area contributed by atoms with Crippen molar-refractivity contribution in [3.05, 3.63) is 88.3 Å². The van der Waals surface area contributed by atoms with Gasteiger partial charge in [0, 0.05) is 43.6 Å². The van der Waals surface area contributed by atoms with Gasteiger partial charge in [0.15, 0.2) is 9.84 Å². The molecule has 1 fully saturated rings. The molecule has 1 aliphatic rings. The van der Waals surface area contributed by atoms with Crippen LogP contribution < -0.4 is 10.3 Å². The molecule has 0 aliphatic carbocycles. The molecular weight excluding hydrogens is 470 g/mol. The minimum atomic E-state index is -3.33. The summed E-state index contributed by atoms with van der Waals surface area (Å²) in [6.45, 7) is 0.272. The minimum Gasteiger partial charge on any atom is -0.490 e. The zero-order valence-corrected chi connectivity index (χ0v) is 19.7. The third-order valence-electron chi connectivity index (χ3n) is 5.96. The topological polar surface area (TPSA) is 130 Å². The Bertz CT molecular complexity index is 1440. The number of ether oxygens (including phenoxy) is 1. The van der Waals surface area contributed by atoms with Crippen LogP contribution in [-0.2, 0) is 9.84 Å². The van der Waals surface area contributed by atoms with Gasteiger partial charge in [-0.05, 0) is 48.0 Å². The quantitative estimate of drug-likeness (QED) is 0.577. The number of sulfone groups is 1. The standard InChI is InChI=1S/C25H23N3O6S/c1-35(32,33)22-8-6-19(7-9-22)27-12-10-21(15-24(27)29)34-20-11-13-28(25(30)31)23(14-20)18-4-2-17(16-26)3-5-18/h2-10,12,15,20,23H,11,13-14H2,1H3,(H,30,31). The Morgan fingerprint density at radius 2 is 1.80 bits per heavy atom. The molecule has 1 amide bonds. The SMILES string of the molecule is CS(=O)(=O)c1ccc(-n2ccc(OC3CCN(C(=O)O)C(c4ccc(C#N)cc4)C3)cc2=O)cc1. The van der Waals surface area contributed by atoms with Crippen molar-refractivity contribution >= 4 is 15.9 Å². The minimum absolute atomic E-state index is 0.166. The van der Waals surface area contributed by atoms with Gasteiger partial charge in [0.2, 0.25) is 0 Å². The number of hydrogen-bond donors (Lipinski definition) is 1. The van der Waals surface area contributed by atoms with Crippen molar-refractivity contribution in [1.29, 1.82) is 5.26 Å². The predicted molar refractivity (Wildman–Crippen MR) is 127 cm³/mol. The maximum atomic E-state index is 12.7. The lowest BCUT2D eigenvalue weighted by atomic mass is 9.93. The first-order chi connectivity index (χ1) is 16.7. The molecule has 0 bridgehead atoms. The second-order valence-corrected chi connectivity index (χ2v) is 10.3. The molecule has 1 aromatic heterocycles. The van der Waals surface area contributed by atoms with Gasteiger partial charge in [0.1, 0.15) is 11.9 Å². The molecule has 0 saturated carbocycles. The van der Waals surface area contributed by atoms with E-state index >= 15 is 0 Å². The fourth-order valence-electron chi connectivity index (χ4n) is 4.16. The van der Waals surface area contributed by atoms with Gasteiger partial charge in [-0.15, -0.1) is 0 Å². The lowest BCUT2D eigenvalue weighted by Gasteiger charge is -2.38. The number of hydrogen-bond acceptors (Lipinski definition) is 6. The van der Waals surface area contributed by atoms with Crippen molar-refractivity contribution in [3.8, 4) is 17.5 Å². The number of piperidine rings is 1. The summed E-state index contributed by atoms with van der Waals surface area (Å²) in [6.07, 6.45) is 2.20. The Morgan fingerprint density at radius 3 is 2.37 bits per heavy atom. The van der Waals surface area contributed by atoms with E-state index in [2.05, 4.69) is 6.07 Å². The van der Waals surface area contributed by atoms with E-state index in [-0.39, 0.29) is 23.1 Å². The molecule has 2 aromatic carbocycles. The molecule has 1 aliphatic heterocycles. The van der Waals surface area contributed by atoms with Gasteiger partial charge in [-0.1, -0.05) is 12.1 Å². The van der Waals surface area contributed by atoms with Crippen molar-refractivity contribution in [1.82, 2.24) is 9.47 Å². The van der Waals surface area contributed by atoms with E-state index in [0.717, 1.165) is 11.8 Å². The summed E-state index contributed by atoms with van der Waals surface area (Å²) in [6, 6.07) is 17.4. The summed E-state index contributed by atoms with van der Waals surface area (Å²) in [5.74, 6) is 0.367. The van der Waals surface area contributed by atoms with Crippen LogP contribution in [0.4, 0.5) is 4.79 Å². The molecule has 0 radical (unpaired) electrons. The Hall–Kier alpha value is -4.10. The average Bonchev–Trinajstić information content (AvgIpc) is 2.83. The van der Waals surface area contributed by atoms with Gasteiger partial charge in [0.05, 0.1) is 22.6 Å². The lowest BCUT2D eigenvalue weighted by Crippen LogP contribution is -2.43. The Morgan fingerprint density at radius 1 is 1.11 bits per heavy atom. The smallest absolute Gasteiger partial charge is 0.407 e. The van der Waals surface area contributed by atoms with E-state index in [0.29, 0.717) is 29.8 Å². The number of pyridine rings is 1. The lowest BCUT2D eigenvalue weighted by molar-refractivity contribution is 0.0538. The zero-order valence-electron chi connectivity index (χ0n) is 18.9. The van der Waals surface area contributed by atoms with Crippen LogP contribution in [0, 0.1) is 11.3 Å². The van der Waals surface area contributed by atoms with Gasteiger partial charge >= 0.3 is 6.09 Å². The second kappa shape index (κ2) is 9.64. The van der Waals surface area contributed by atoms with Gasteiger partial charge < -0.3 is 14.7 Å². The number of carboxylic acid groups (broad SMARTS) is 1. The van der Waals surface area contributed by atoms with E-state index in [1.807, 2.05) is 0 Å². The molecule has 4 rings (SSSR count). The summed E-state index contributed by atoms with van der Waals surface area (Å²) in [5, 5.41) is 18.7. The Kier molecular flexibility index (Phi) is 6.62. The number of likely N-dealkylation sites (tertiary alicyclic amines) is 1. The number of benzene rings is 2. The molecule has 2 heterocycles. The molecule has 180 valence electrons. The summed E-state index contributed by atoms with van der Waals surface area (Å²) in [7, 11) is -3.33. The van der Waals surface area contributed by atoms with Crippen LogP contribution in [0.3, 0.4) is 0 Å². The van der Waals surface area contributed by atoms with E-state index in [9.17, 15) is 23.1 Å². The van der Waals surface area contributed by atoms with E-state index in [1.54, 1.807) is 48.7 Å². The van der Waals surface area contributed by atoms with Crippen molar-refractivity contribution in [2.75, 3.05) is 12.8 Å². The maximum absolute atomic E-state index is 12.7. The summed E-state index contributed by atoms with van der Waals surface area (Å²) in [4.78, 5) is 26.0. The molecule has 2 atom stereocenters. The van der Waals surface area contributed by atoms with Crippen LogP contribution in [0.2, 0.25) is 0 Å². The summed E-state index contributed by atoms with van der Waals surface area (Å²) < 4.78 is 30.7. The van der Waals surface area contributed by atoms with Gasteiger partial charge in [0.25, 0.3) is 5.56 Å². The second-order valence-electron chi connectivity index (χ2n) is 8.33. The van der Waals surface area contributed by atoms with Crippen molar-refractivity contribution in [2.24, 2.45) is 0 Å². The molecule has 1 saturated heterocycles. The molecule has 0 spiro atoms. The molecule has 2 unspecified atom stereocenters. The third kappa shape index (κ3) is 5.36. The van der Waals surface area contributed by atoms with Crippen LogP contribution in [0.1, 0.15) is 30.0 Å². The van der Waals surface area contributed by atoms with Crippen molar-refractivity contribution in [2.45, 2.75) is 29.9 Å². The third-order valence-corrected chi connectivity index (χ3v) is 7.09. The largest absolute Gasteiger partial charge is 0.490 e. The zero-order chi connectivity index (χ0) is 25.2. The van der Waals surface area contributed by atoms with E-state index < -0.39 is 22.0 Å². The molecule has 10 heteroatoms. The summed E-state index contributed by atoms with van der Waals surface area (Å²) in [5.41, 5.74) is 1.43. The Labute approximate surface area is 202 Å². The monoisotopic (exact) mass is 493 g/mol. The van der Waals surface area contributed by atoms with Crippen molar-refractivity contribution < 1.29 is 23.1 Å². The fourth-order valence-corrected chi connectivity index (χ4v) is 4.79. The van der Waals surface area contributed by atoms with Gasteiger partial charge in [-0.2, -0.15) is 5.26 Å². The molecular formula is C25H23N3O6S. The van der Waals surface area contributed by atoms with Gasteiger partial charge in [-0.25, -0.2) is 13.2 Å². The highest BCUT2D eigenvalue weighted by Crippen LogP contribution is 2.33. The number of nitrogens with zero attached hydrogens (tertiary/aromatic N) is 3. The molecule has 3 aromatic rings. The fraction of sp³-hybridized carbons (Fsp3) is 0.240. The average molecular weight is 494 g/mol. The van der Waals surface area contributed by atoms with E-state index in [4.69, 9.17) is 10.00 Å². The first-order valence-corrected chi connectivity index (χ1v) is 12.7.